The highest BCUT2D eigenvalue weighted by Gasteiger charge is 2.13. The van der Waals surface area contributed by atoms with Gasteiger partial charge in [0.2, 0.25) is 12.7 Å². The summed E-state index contributed by atoms with van der Waals surface area (Å²) in [5.74, 6) is 4.07. The van der Waals surface area contributed by atoms with Crippen LogP contribution in [0.25, 0.3) is 0 Å². The van der Waals surface area contributed by atoms with Gasteiger partial charge in [0.15, 0.2) is 23.3 Å². The number of nitrogens with one attached hydrogen (secondary N) is 2. The van der Waals surface area contributed by atoms with Crippen LogP contribution < -0.4 is 20.1 Å². The Hall–Kier alpha value is -2.04. The fraction of sp³-hybridized carbons (Fsp3) is 0.526. The first kappa shape index (κ1) is 22.3. The summed E-state index contributed by atoms with van der Waals surface area (Å²) in [6.07, 6.45) is 1.63. The largest absolute Gasteiger partial charge is 0.454 e. The lowest BCUT2D eigenvalue weighted by atomic mass is 10.2. The minimum Gasteiger partial charge on any atom is -0.454 e. The maximum Gasteiger partial charge on any atom is 0.231 e. The number of hydrogen-bond acceptors (Lipinski definition) is 6. The van der Waals surface area contributed by atoms with Crippen LogP contribution in [-0.2, 0) is 13.0 Å². The van der Waals surface area contributed by atoms with Gasteiger partial charge in [0.05, 0.1) is 6.54 Å². The SMILES string of the molecule is CCNC(=NCc1ccc2c(c1)OCO2)NCCCc1nc(C(C)C)no1.I. The Balaban J connectivity index is 0.00000280. The summed E-state index contributed by atoms with van der Waals surface area (Å²) < 4.78 is 16.0. The first-order valence-electron chi connectivity index (χ1n) is 9.39. The molecule has 1 aliphatic rings. The van der Waals surface area contributed by atoms with E-state index in [-0.39, 0.29) is 36.7 Å². The summed E-state index contributed by atoms with van der Waals surface area (Å²) in [6, 6.07) is 5.89. The first-order valence-corrected chi connectivity index (χ1v) is 9.39. The van der Waals surface area contributed by atoms with Gasteiger partial charge in [-0.15, -0.1) is 24.0 Å². The molecule has 28 heavy (non-hydrogen) atoms. The van der Waals surface area contributed by atoms with Crippen molar-refractivity contribution in [1.82, 2.24) is 20.8 Å². The van der Waals surface area contributed by atoms with Crippen LogP contribution in [0.1, 0.15) is 50.4 Å². The fourth-order valence-corrected chi connectivity index (χ4v) is 2.60. The van der Waals surface area contributed by atoms with E-state index in [2.05, 4.69) is 39.6 Å². The van der Waals surface area contributed by atoms with Gasteiger partial charge in [-0.1, -0.05) is 25.1 Å². The number of aromatic nitrogens is 2. The molecule has 0 radical (unpaired) electrons. The third-order valence-corrected chi connectivity index (χ3v) is 4.06. The van der Waals surface area contributed by atoms with Crippen molar-refractivity contribution in [3.05, 3.63) is 35.5 Å². The second kappa shape index (κ2) is 11.1. The molecular weight excluding hydrogens is 473 g/mol. The summed E-state index contributed by atoms with van der Waals surface area (Å²) in [4.78, 5) is 9.02. The topological polar surface area (TPSA) is 93.8 Å². The van der Waals surface area contributed by atoms with Crippen LogP contribution in [0.5, 0.6) is 11.5 Å². The van der Waals surface area contributed by atoms with E-state index in [0.717, 1.165) is 54.8 Å². The Morgan fingerprint density at radius 2 is 2.04 bits per heavy atom. The molecule has 1 aliphatic heterocycles. The minimum atomic E-state index is 0. The molecule has 2 aromatic rings. The predicted octanol–water partition coefficient (Wildman–Crippen LogP) is 3.23. The second-order valence-corrected chi connectivity index (χ2v) is 6.61. The molecule has 0 aliphatic carbocycles. The van der Waals surface area contributed by atoms with Crippen molar-refractivity contribution in [3.63, 3.8) is 0 Å². The quantitative estimate of drug-likeness (QED) is 0.248. The van der Waals surface area contributed by atoms with E-state index in [4.69, 9.17) is 14.0 Å². The maximum absolute atomic E-state index is 5.41. The number of ether oxygens (including phenoxy) is 2. The highest BCUT2D eigenvalue weighted by Crippen LogP contribution is 2.32. The van der Waals surface area contributed by atoms with Gasteiger partial charge in [0, 0.05) is 25.4 Å². The Morgan fingerprint density at radius 1 is 1.21 bits per heavy atom. The number of rotatable bonds is 8. The van der Waals surface area contributed by atoms with Crippen molar-refractivity contribution in [2.75, 3.05) is 19.9 Å². The molecular formula is C19H28IN5O3. The van der Waals surface area contributed by atoms with Gasteiger partial charge in [-0.25, -0.2) is 4.99 Å². The van der Waals surface area contributed by atoms with Gasteiger partial charge in [-0.05, 0) is 31.0 Å². The maximum atomic E-state index is 5.41. The van der Waals surface area contributed by atoms with Gasteiger partial charge in [0.25, 0.3) is 0 Å². The zero-order valence-electron chi connectivity index (χ0n) is 16.5. The first-order chi connectivity index (χ1) is 13.2. The average Bonchev–Trinajstić information content (AvgIpc) is 3.31. The minimum absolute atomic E-state index is 0. The molecule has 0 bridgehead atoms. The van der Waals surface area contributed by atoms with Crippen LogP contribution in [0, 0.1) is 0 Å². The number of halogens is 1. The average molecular weight is 501 g/mol. The summed E-state index contributed by atoms with van der Waals surface area (Å²) in [6.45, 7) is 8.56. The molecule has 1 aromatic carbocycles. The lowest BCUT2D eigenvalue weighted by Crippen LogP contribution is -2.37. The van der Waals surface area contributed by atoms with Crippen LogP contribution in [-0.4, -0.2) is 36.0 Å². The molecule has 0 atom stereocenters. The van der Waals surface area contributed by atoms with Gasteiger partial charge in [0.1, 0.15) is 0 Å². The van der Waals surface area contributed by atoms with Crippen LogP contribution in [0.3, 0.4) is 0 Å². The van der Waals surface area contributed by atoms with Gasteiger partial charge in [-0.2, -0.15) is 4.98 Å². The van der Waals surface area contributed by atoms with Crippen molar-refractivity contribution in [2.24, 2.45) is 4.99 Å². The Morgan fingerprint density at radius 3 is 2.79 bits per heavy atom. The van der Waals surface area contributed by atoms with E-state index in [9.17, 15) is 0 Å². The molecule has 0 unspecified atom stereocenters. The van der Waals surface area contributed by atoms with Crippen LogP contribution >= 0.6 is 24.0 Å². The fourth-order valence-electron chi connectivity index (χ4n) is 2.60. The lowest BCUT2D eigenvalue weighted by Gasteiger charge is -2.11. The zero-order valence-corrected chi connectivity index (χ0v) is 18.9. The molecule has 154 valence electrons. The van der Waals surface area contributed by atoms with E-state index in [1.807, 2.05) is 25.1 Å². The number of hydrogen-bond donors (Lipinski definition) is 2. The summed E-state index contributed by atoms with van der Waals surface area (Å²) in [5.41, 5.74) is 1.07. The summed E-state index contributed by atoms with van der Waals surface area (Å²) in [7, 11) is 0. The number of fused-ring (bicyclic) bond motifs is 1. The molecule has 0 spiro atoms. The summed E-state index contributed by atoms with van der Waals surface area (Å²) >= 11 is 0. The number of guanidine groups is 1. The van der Waals surface area contributed by atoms with Crippen molar-refractivity contribution < 1.29 is 14.0 Å². The zero-order chi connectivity index (χ0) is 19.1. The number of aryl methyl sites for hydroxylation is 1. The third kappa shape index (κ3) is 6.25. The van der Waals surface area contributed by atoms with E-state index >= 15 is 0 Å². The smallest absolute Gasteiger partial charge is 0.231 e. The molecule has 8 nitrogen and oxygen atoms in total. The molecule has 3 rings (SSSR count). The molecule has 0 amide bonds. The molecule has 1 aromatic heterocycles. The standard InChI is InChI=1S/C19H27N5O3.HI/c1-4-20-19(21-9-5-6-17-23-18(13(2)3)24-27-17)22-11-14-7-8-15-16(10-14)26-12-25-15;/h7-8,10,13H,4-6,9,11-12H2,1-3H3,(H2,20,21,22);1H. The normalized spacial score (nSPS) is 12.8. The van der Waals surface area contributed by atoms with Crippen LogP contribution in [0.15, 0.2) is 27.7 Å². The predicted molar refractivity (Wildman–Crippen MR) is 118 cm³/mol. The van der Waals surface area contributed by atoms with E-state index < -0.39 is 0 Å². The highest BCUT2D eigenvalue weighted by molar-refractivity contribution is 14.0. The van der Waals surface area contributed by atoms with Crippen molar-refractivity contribution in [3.8, 4) is 11.5 Å². The molecule has 0 saturated carbocycles. The monoisotopic (exact) mass is 501 g/mol. The Labute approximate surface area is 182 Å². The number of aliphatic imine (C=N–C) groups is 1. The van der Waals surface area contributed by atoms with Crippen molar-refractivity contribution in [2.45, 2.75) is 46.1 Å². The number of benzene rings is 1. The van der Waals surface area contributed by atoms with Crippen LogP contribution in [0.2, 0.25) is 0 Å². The summed E-state index contributed by atoms with van der Waals surface area (Å²) in [5, 5.41) is 10.6. The lowest BCUT2D eigenvalue weighted by molar-refractivity contribution is 0.174. The van der Waals surface area contributed by atoms with Gasteiger partial charge < -0.3 is 24.6 Å². The molecule has 2 heterocycles. The van der Waals surface area contributed by atoms with E-state index in [1.165, 1.54) is 0 Å². The number of nitrogens with zero attached hydrogens (tertiary/aromatic N) is 3. The van der Waals surface area contributed by atoms with E-state index in [1.54, 1.807) is 0 Å². The second-order valence-electron chi connectivity index (χ2n) is 6.61. The molecule has 0 saturated heterocycles. The Bertz CT molecular complexity index is 779. The van der Waals surface area contributed by atoms with Crippen molar-refractivity contribution >= 4 is 29.9 Å². The van der Waals surface area contributed by atoms with E-state index in [0.29, 0.717) is 12.4 Å². The molecule has 9 heteroatoms. The van der Waals surface area contributed by atoms with Crippen molar-refractivity contribution in [1.29, 1.82) is 0 Å². The van der Waals surface area contributed by atoms with Gasteiger partial charge >= 0.3 is 0 Å². The highest BCUT2D eigenvalue weighted by atomic mass is 127. The molecule has 2 N–H and O–H groups in total. The van der Waals surface area contributed by atoms with Crippen LogP contribution in [0.4, 0.5) is 0 Å². The Kier molecular flexibility index (Phi) is 8.81. The third-order valence-electron chi connectivity index (χ3n) is 4.06. The molecule has 0 fully saturated rings. The van der Waals surface area contributed by atoms with Gasteiger partial charge in [-0.3, -0.25) is 0 Å².